The van der Waals surface area contributed by atoms with Crippen molar-refractivity contribution in [2.75, 3.05) is 20.7 Å². The molecule has 21 heavy (non-hydrogen) atoms. The molecule has 1 atom stereocenters. The molecule has 0 saturated carbocycles. The number of hydrogen-bond acceptors (Lipinski definition) is 4. The molecule has 0 radical (unpaired) electrons. The van der Waals surface area contributed by atoms with Crippen molar-refractivity contribution in [3.8, 4) is 0 Å². The molecule has 0 aromatic rings. The maximum absolute atomic E-state index is 11.2. The second kappa shape index (κ2) is 16.4. The van der Waals surface area contributed by atoms with Crippen LogP contribution in [0.5, 0.6) is 0 Å². The van der Waals surface area contributed by atoms with Crippen molar-refractivity contribution in [2.24, 2.45) is 0 Å². The summed E-state index contributed by atoms with van der Waals surface area (Å²) in [7, 11) is 1.41. The maximum Gasteiger partial charge on any atom is 0.716 e. The van der Waals surface area contributed by atoms with Crippen LogP contribution in [0.4, 0.5) is 0 Å². The average Bonchev–Trinajstić information content (AvgIpc) is 2.43. The third-order valence-corrected chi connectivity index (χ3v) is 4.28. The summed E-state index contributed by atoms with van der Waals surface area (Å²) in [6, 6.07) is 0. The minimum Gasteiger partial charge on any atom is -0.142 e. The Labute approximate surface area is 132 Å². The van der Waals surface area contributed by atoms with Gasteiger partial charge < -0.3 is 0 Å². The van der Waals surface area contributed by atoms with Crippen LogP contribution < -0.4 is 0 Å². The normalized spacial score (nSPS) is 12.1. The molecule has 0 rings (SSSR count). The molecule has 0 N–H and O–H groups in total. The third kappa shape index (κ3) is 17.9. The van der Waals surface area contributed by atoms with Gasteiger partial charge in [0.1, 0.15) is 6.61 Å². The zero-order valence-electron chi connectivity index (χ0n) is 14.3. The molecule has 1 unspecified atom stereocenters. The van der Waals surface area contributed by atoms with Crippen LogP contribution in [0.3, 0.4) is 0 Å². The van der Waals surface area contributed by atoms with Crippen molar-refractivity contribution in [1.82, 2.24) is 5.06 Å². The van der Waals surface area contributed by atoms with E-state index in [9.17, 15) is 4.57 Å². The highest BCUT2D eigenvalue weighted by atomic mass is 31.1. The third-order valence-electron chi connectivity index (χ3n) is 3.42. The van der Waals surface area contributed by atoms with E-state index in [2.05, 4.69) is 6.92 Å². The van der Waals surface area contributed by atoms with Crippen LogP contribution in [0.15, 0.2) is 0 Å². The minimum atomic E-state index is -1.98. The minimum absolute atomic E-state index is 0.528. The van der Waals surface area contributed by atoms with Gasteiger partial charge in [-0.25, -0.2) is 0 Å². The van der Waals surface area contributed by atoms with Crippen molar-refractivity contribution in [3.05, 3.63) is 0 Å². The van der Waals surface area contributed by atoms with Gasteiger partial charge in [0.25, 0.3) is 0 Å². The Morgan fingerprint density at radius 2 is 1.19 bits per heavy atom. The Morgan fingerprint density at radius 1 is 0.762 bits per heavy atom. The molecule has 0 amide bonds. The first-order valence-electron chi connectivity index (χ1n) is 8.62. The van der Waals surface area contributed by atoms with Crippen LogP contribution in [-0.2, 0) is 13.7 Å². The first-order valence-corrected chi connectivity index (χ1v) is 9.72. The number of rotatable bonds is 16. The van der Waals surface area contributed by atoms with Crippen LogP contribution in [0.25, 0.3) is 0 Å². The summed E-state index contributed by atoms with van der Waals surface area (Å²) in [6.07, 6.45) is 15.8. The molecule has 0 spiro atoms. The van der Waals surface area contributed by atoms with E-state index < -0.39 is 8.25 Å². The lowest BCUT2D eigenvalue weighted by Gasteiger charge is -2.02. The molecule has 0 fully saturated rings. The van der Waals surface area contributed by atoms with Crippen molar-refractivity contribution >= 4 is 8.25 Å². The molecular weight excluding hydrogens is 285 g/mol. The van der Waals surface area contributed by atoms with Crippen molar-refractivity contribution in [2.45, 2.75) is 84.0 Å². The van der Waals surface area contributed by atoms with E-state index in [1.165, 1.54) is 69.3 Å². The van der Waals surface area contributed by atoms with Gasteiger partial charge in [0.15, 0.2) is 0 Å². The second-order valence-corrected chi connectivity index (χ2v) is 6.71. The van der Waals surface area contributed by atoms with E-state index in [0.29, 0.717) is 6.61 Å². The van der Waals surface area contributed by atoms with Gasteiger partial charge in [-0.2, -0.15) is 0 Å². The molecule has 0 heterocycles. The van der Waals surface area contributed by atoms with Gasteiger partial charge >= 0.3 is 8.25 Å². The van der Waals surface area contributed by atoms with Crippen LogP contribution in [0.1, 0.15) is 84.0 Å². The van der Waals surface area contributed by atoms with Gasteiger partial charge in [0.2, 0.25) is 0 Å². The lowest BCUT2D eigenvalue weighted by Crippen LogP contribution is -2.07. The van der Waals surface area contributed by atoms with E-state index >= 15 is 0 Å². The fourth-order valence-electron chi connectivity index (χ4n) is 2.24. The molecule has 0 aliphatic heterocycles. The van der Waals surface area contributed by atoms with Gasteiger partial charge in [0.05, 0.1) is 0 Å². The first-order chi connectivity index (χ1) is 10.2. The van der Waals surface area contributed by atoms with Crippen LogP contribution in [0.2, 0.25) is 0 Å². The molecule has 0 aliphatic carbocycles. The summed E-state index contributed by atoms with van der Waals surface area (Å²) in [4.78, 5) is 0. The van der Waals surface area contributed by atoms with E-state index in [1.54, 1.807) is 14.1 Å². The lowest BCUT2D eigenvalue weighted by molar-refractivity contribution is -0.0122. The first kappa shape index (κ1) is 21.0. The predicted molar refractivity (Wildman–Crippen MR) is 89.4 cm³/mol. The highest BCUT2D eigenvalue weighted by Crippen LogP contribution is 2.24. The standard InChI is InChI=1S/C16H35NO3P/c1-4-5-6-7-8-9-10-11-12-13-14-15-16-19-21(18)20-17(2)3/h4-16H2,1-3H3/q+1. The Hall–Kier alpha value is -0.0200. The Bertz CT molecular complexity index is 238. The molecule has 126 valence electrons. The Balaban J connectivity index is 3.07. The summed E-state index contributed by atoms with van der Waals surface area (Å²) in [5.74, 6) is 0. The van der Waals surface area contributed by atoms with Gasteiger partial charge in [-0.05, 0) is 11.0 Å². The van der Waals surface area contributed by atoms with Crippen LogP contribution >= 0.6 is 8.25 Å². The highest BCUT2D eigenvalue weighted by Gasteiger charge is 2.21. The monoisotopic (exact) mass is 320 g/mol. The quantitative estimate of drug-likeness (QED) is 0.203. The topological polar surface area (TPSA) is 38.8 Å². The number of hydrogen-bond donors (Lipinski definition) is 0. The predicted octanol–water partition coefficient (Wildman–Crippen LogP) is 5.85. The SMILES string of the molecule is CCCCCCCCCCCCCCO[P+](=O)ON(C)C. The summed E-state index contributed by atoms with van der Waals surface area (Å²) in [6.45, 7) is 2.79. The van der Waals surface area contributed by atoms with Crippen molar-refractivity contribution in [3.63, 3.8) is 0 Å². The van der Waals surface area contributed by atoms with Crippen LogP contribution in [0, 0.1) is 0 Å². The molecule has 0 saturated heterocycles. The lowest BCUT2D eigenvalue weighted by atomic mass is 10.1. The Morgan fingerprint density at radius 3 is 1.62 bits per heavy atom. The fourth-order valence-corrected chi connectivity index (χ4v) is 2.83. The van der Waals surface area contributed by atoms with Crippen molar-refractivity contribution in [1.29, 1.82) is 0 Å². The van der Waals surface area contributed by atoms with E-state index in [4.69, 9.17) is 9.15 Å². The maximum atomic E-state index is 11.2. The zero-order chi connectivity index (χ0) is 15.8. The molecule has 0 aromatic carbocycles. The number of nitrogens with zero attached hydrogens (tertiary/aromatic N) is 1. The largest absolute Gasteiger partial charge is 0.716 e. The zero-order valence-corrected chi connectivity index (χ0v) is 15.2. The summed E-state index contributed by atoms with van der Waals surface area (Å²) in [5, 5.41) is 1.40. The summed E-state index contributed by atoms with van der Waals surface area (Å²) in [5.41, 5.74) is 0. The molecule has 5 heteroatoms. The second-order valence-electron chi connectivity index (χ2n) is 5.84. The average molecular weight is 320 g/mol. The van der Waals surface area contributed by atoms with Crippen molar-refractivity contribution < 1.29 is 13.7 Å². The summed E-state index contributed by atoms with van der Waals surface area (Å²) >= 11 is 0. The Kier molecular flexibility index (Phi) is 16.3. The van der Waals surface area contributed by atoms with E-state index in [-0.39, 0.29) is 0 Å². The van der Waals surface area contributed by atoms with Gasteiger partial charge in [-0.1, -0.05) is 77.6 Å². The molecule has 0 aliphatic rings. The number of hydroxylamine groups is 2. The van der Waals surface area contributed by atoms with Gasteiger partial charge in [-0.3, -0.25) is 0 Å². The van der Waals surface area contributed by atoms with Gasteiger partial charge in [-0.15, -0.1) is 9.59 Å². The molecule has 4 nitrogen and oxygen atoms in total. The highest BCUT2D eigenvalue weighted by molar-refractivity contribution is 7.33. The van der Waals surface area contributed by atoms with E-state index in [1.807, 2.05) is 0 Å². The van der Waals surface area contributed by atoms with Gasteiger partial charge in [0, 0.05) is 18.7 Å². The fraction of sp³-hybridized carbons (Fsp3) is 1.00. The molecular formula is C16H35NO3P+. The summed E-state index contributed by atoms with van der Waals surface area (Å²) < 4.78 is 21.2. The molecule has 0 bridgehead atoms. The smallest absolute Gasteiger partial charge is 0.142 e. The van der Waals surface area contributed by atoms with Crippen LogP contribution in [-0.4, -0.2) is 25.8 Å². The number of unbranched alkanes of at least 4 members (excludes halogenated alkanes) is 11. The molecule has 0 aromatic heterocycles. The van der Waals surface area contributed by atoms with E-state index in [0.717, 1.165) is 12.8 Å².